The van der Waals surface area contributed by atoms with Gasteiger partial charge in [0.2, 0.25) is 5.91 Å². The van der Waals surface area contributed by atoms with E-state index in [2.05, 4.69) is 0 Å². The van der Waals surface area contributed by atoms with Crippen LogP contribution in [-0.2, 0) is 16.1 Å². The number of carbonyl (C=O) groups is 1. The first kappa shape index (κ1) is 15.0. The highest BCUT2D eigenvalue weighted by molar-refractivity contribution is 5.79. The first-order valence-corrected chi connectivity index (χ1v) is 7.28. The molecule has 4 nitrogen and oxygen atoms in total. The summed E-state index contributed by atoms with van der Waals surface area (Å²) in [7, 11) is 1.66. The van der Waals surface area contributed by atoms with E-state index in [4.69, 9.17) is 10.5 Å². The molecule has 1 aromatic carbocycles. The van der Waals surface area contributed by atoms with Gasteiger partial charge >= 0.3 is 0 Å². The van der Waals surface area contributed by atoms with Crippen molar-refractivity contribution >= 4 is 5.91 Å². The maximum Gasteiger partial charge on any atom is 0.226 e. The normalized spacial score (nSPS) is 21.9. The van der Waals surface area contributed by atoms with Gasteiger partial charge in [0.1, 0.15) is 0 Å². The van der Waals surface area contributed by atoms with Crippen LogP contribution in [0.2, 0.25) is 0 Å². The zero-order valence-corrected chi connectivity index (χ0v) is 12.1. The minimum atomic E-state index is 0.0885. The third kappa shape index (κ3) is 4.05. The van der Waals surface area contributed by atoms with Gasteiger partial charge in [-0.3, -0.25) is 4.79 Å². The van der Waals surface area contributed by atoms with Crippen LogP contribution in [0.1, 0.15) is 24.8 Å². The molecule has 20 heavy (non-hydrogen) atoms. The summed E-state index contributed by atoms with van der Waals surface area (Å²) in [6.07, 6.45) is 2.69. The van der Waals surface area contributed by atoms with E-state index < -0.39 is 0 Å². The van der Waals surface area contributed by atoms with E-state index in [1.807, 2.05) is 35.2 Å². The molecular weight excluding hydrogens is 252 g/mol. The van der Waals surface area contributed by atoms with Crippen LogP contribution in [0.5, 0.6) is 0 Å². The van der Waals surface area contributed by atoms with Crippen molar-refractivity contribution in [1.82, 2.24) is 4.90 Å². The van der Waals surface area contributed by atoms with Crippen molar-refractivity contribution in [3.8, 4) is 0 Å². The molecule has 0 unspecified atom stereocenters. The number of rotatable bonds is 6. The fourth-order valence-electron chi connectivity index (χ4n) is 2.77. The van der Waals surface area contributed by atoms with E-state index >= 15 is 0 Å². The van der Waals surface area contributed by atoms with Crippen molar-refractivity contribution in [3.63, 3.8) is 0 Å². The highest BCUT2D eigenvalue weighted by atomic mass is 16.5. The first-order chi connectivity index (χ1) is 9.70. The number of benzene rings is 1. The van der Waals surface area contributed by atoms with E-state index in [-0.39, 0.29) is 17.9 Å². The number of nitrogens with two attached hydrogens (primary N) is 1. The first-order valence-electron chi connectivity index (χ1n) is 7.28. The van der Waals surface area contributed by atoms with E-state index in [0.29, 0.717) is 19.7 Å². The summed E-state index contributed by atoms with van der Waals surface area (Å²) in [6, 6.07) is 10.3. The van der Waals surface area contributed by atoms with E-state index in [0.717, 1.165) is 24.8 Å². The highest BCUT2D eigenvalue weighted by Gasteiger charge is 2.30. The topological polar surface area (TPSA) is 55.6 Å². The van der Waals surface area contributed by atoms with Gasteiger partial charge in [0.15, 0.2) is 0 Å². The van der Waals surface area contributed by atoms with Crippen molar-refractivity contribution in [3.05, 3.63) is 35.9 Å². The van der Waals surface area contributed by atoms with E-state index in [1.54, 1.807) is 7.11 Å². The van der Waals surface area contributed by atoms with Crippen molar-refractivity contribution in [2.24, 2.45) is 11.7 Å². The molecule has 2 rings (SSSR count). The van der Waals surface area contributed by atoms with Crippen LogP contribution in [-0.4, -0.2) is 37.1 Å². The molecule has 1 aliphatic rings. The molecule has 0 spiro atoms. The lowest BCUT2D eigenvalue weighted by molar-refractivity contribution is -0.136. The van der Waals surface area contributed by atoms with Crippen LogP contribution < -0.4 is 5.73 Å². The van der Waals surface area contributed by atoms with Crippen LogP contribution in [0, 0.1) is 5.92 Å². The van der Waals surface area contributed by atoms with Crippen LogP contribution in [0.15, 0.2) is 30.3 Å². The number of hydrogen-bond acceptors (Lipinski definition) is 3. The smallest absolute Gasteiger partial charge is 0.226 e. The molecule has 0 saturated heterocycles. The maximum absolute atomic E-state index is 12.6. The molecule has 1 saturated carbocycles. The van der Waals surface area contributed by atoms with Crippen LogP contribution in [0.4, 0.5) is 0 Å². The van der Waals surface area contributed by atoms with Gasteiger partial charge in [-0.25, -0.2) is 0 Å². The minimum absolute atomic E-state index is 0.0885. The number of hydrogen-bond donors (Lipinski definition) is 1. The Hall–Kier alpha value is -1.39. The largest absolute Gasteiger partial charge is 0.383 e. The summed E-state index contributed by atoms with van der Waals surface area (Å²) in [5.41, 5.74) is 7.07. The Morgan fingerprint density at radius 3 is 2.70 bits per heavy atom. The maximum atomic E-state index is 12.6. The predicted octanol–water partition coefficient (Wildman–Crippen LogP) is 1.79. The second kappa shape index (κ2) is 7.41. The number of ether oxygens (including phenoxy) is 1. The fourth-order valence-corrected chi connectivity index (χ4v) is 2.77. The Bertz CT molecular complexity index is 422. The summed E-state index contributed by atoms with van der Waals surface area (Å²) in [4.78, 5) is 14.5. The quantitative estimate of drug-likeness (QED) is 0.862. The fraction of sp³-hybridized carbons (Fsp3) is 0.562. The second-order valence-corrected chi connectivity index (χ2v) is 5.51. The van der Waals surface area contributed by atoms with Crippen LogP contribution in [0.25, 0.3) is 0 Å². The predicted molar refractivity (Wildman–Crippen MR) is 79.1 cm³/mol. The van der Waals surface area contributed by atoms with Crippen molar-refractivity contribution in [1.29, 1.82) is 0 Å². The summed E-state index contributed by atoms with van der Waals surface area (Å²) >= 11 is 0. The second-order valence-electron chi connectivity index (χ2n) is 5.51. The lowest BCUT2D eigenvalue weighted by Gasteiger charge is -2.25. The standard InChI is InChI=1S/C16H24N2O2/c1-20-10-9-18(12-13-5-3-2-4-6-13)16(19)14-7-8-15(17)11-14/h2-6,14-15H,7-12,17H2,1H3/t14-,15-/m0/s1. The van der Waals surface area contributed by atoms with Crippen molar-refractivity contribution in [2.45, 2.75) is 31.8 Å². The van der Waals surface area contributed by atoms with E-state index in [9.17, 15) is 4.79 Å². The summed E-state index contributed by atoms with van der Waals surface area (Å²) in [5, 5.41) is 0. The molecular formula is C16H24N2O2. The van der Waals surface area contributed by atoms with Gasteiger partial charge in [0, 0.05) is 32.2 Å². The van der Waals surface area contributed by atoms with Gasteiger partial charge in [0.25, 0.3) is 0 Å². The molecule has 1 amide bonds. The monoisotopic (exact) mass is 276 g/mol. The molecule has 1 fully saturated rings. The number of carbonyl (C=O) groups excluding carboxylic acids is 1. The average molecular weight is 276 g/mol. The lowest BCUT2D eigenvalue weighted by Crippen LogP contribution is -2.37. The average Bonchev–Trinajstić information content (AvgIpc) is 2.90. The Kier molecular flexibility index (Phi) is 5.56. The molecule has 4 heteroatoms. The zero-order valence-electron chi connectivity index (χ0n) is 12.1. The van der Waals surface area contributed by atoms with Gasteiger partial charge in [-0.1, -0.05) is 30.3 Å². The molecule has 0 radical (unpaired) electrons. The third-order valence-electron chi connectivity index (χ3n) is 3.92. The van der Waals surface area contributed by atoms with Gasteiger partial charge < -0.3 is 15.4 Å². The Morgan fingerprint density at radius 1 is 1.35 bits per heavy atom. The molecule has 0 aliphatic heterocycles. The van der Waals surface area contributed by atoms with Crippen LogP contribution >= 0.6 is 0 Å². The molecule has 1 aromatic rings. The third-order valence-corrected chi connectivity index (χ3v) is 3.92. The zero-order chi connectivity index (χ0) is 14.4. The molecule has 0 bridgehead atoms. The molecule has 2 N–H and O–H groups in total. The van der Waals surface area contributed by atoms with Gasteiger partial charge in [0.05, 0.1) is 6.61 Å². The summed E-state index contributed by atoms with van der Waals surface area (Å²) in [6.45, 7) is 1.85. The Labute approximate surface area is 120 Å². The molecule has 0 aromatic heterocycles. The summed E-state index contributed by atoms with van der Waals surface area (Å²) in [5.74, 6) is 0.310. The molecule has 1 aliphatic carbocycles. The lowest BCUT2D eigenvalue weighted by atomic mass is 10.1. The van der Waals surface area contributed by atoms with E-state index in [1.165, 1.54) is 0 Å². The summed E-state index contributed by atoms with van der Waals surface area (Å²) < 4.78 is 5.13. The van der Waals surface area contributed by atoms with Gasteiger partial charge in [-0.05, 0) is 24.8 Å². The van der Waals surface area contributed by atoms with Crippen molar-refractivity contribution < 1.29 is 9.53 Å². The molecule has 2 atom stereocenters. The van der Waals surface area contributed by atoms with Gasteiger partial charge in [-0.15, -0.1) is 0 Å². The number of amides is 1. The number of nitrogens with zero attached hydrogens (tertiary/aromatic N) is 1. The minimum Gasteiger partial charge on any atom is -0.383 e. The molecule has 0 heterocycles. The molecule has 110 valence electrons. The Balaban J connectivity index is 2.00. The van der Waals surface area contributed by atoms with Crippen LogP contribution in [0.3, 0.4) is 0 Å². The Morgan fingerprint density at radius 2 is 2.10 bits per heavy atom. The highest BCUT2D eigenvalue weighted by Crippen LogP contribution is 2.26. The SMILES string of the molecule is COCCN(Cc1ccccc1)C(=O)[C@H]1CC[C@H](N)C1. The number of methoxy groups -OCH3 is 1. The van der Waals surface area contributed by atoms with Gasteiger partial charge in [-0.2, -0.15) is 0 Å². The van der Waals surface area contributed by atoms with Crippen molar-refractivity contribution in [2.75, 3.05) is 20.3 Å².